The molecule has 0 unspecified atom stereocenters. The van der Waals surface area contributed by atoms with Gasteiger partial charge in [0.2, 0.25) is 0 Å². The summed E-state index contributed by atoms with van der Waals surface area (Å²) >= 11 is 6.05. The minimum Gasteiger partial charge on any atom is -0.444 e. The van der Waals surface area contributed by atoms with Crippen LogP contribution in [0.5, 0.6) is 0 Å². The quantitative estimate of drug-likeness (QED) is 0.651. The van der Waals surface area contributed by atoms with E-state index in [-0.39, 0.29) is 22.7 Å². The van der Waals surface area contributed by atoms with Crippen LogP contribution in [0.25, 0.3) is 11.1 Å². The van der Waals surface area contributed by atoms with Crippen LogP contribution in [-0.4, -0.2) is 33.3 Å². The number of hydrogen-bond acceptors (Lipinski definition) is 6. The third kappa shape index (κ3) is 6.19. The molecule has 1 N–H and O–H groups in total. The average molecular weight is 470 g/mol. The van der Waals surface area contributed by atoms with E-state index in [0.29, 0.717) is 0 Å². The Morgan fingerprint density at radius 1 is 1.22 bits per heavy atom. The molecule has 174 valence electrons. The molecule has 1 amide bonds. The number of halogens is 2. The van der Waals surface area contributed by atoms with E-state index in [1.165, 1.54) is 26.0 Å². The number of rotatable bonds is 6. The van der Waals surface area contributed by atoms with Crippen molar-refractivity contribution in [3.05, 3.63) is 56.1 Å². The number of alkyl carbamates (subject to hydrolysis) is 1. The molecule has 1 aromatic carbocycles. The zero-order chi connectivity index (χ0) is 24.2. The fourth-order valence-electron chi connectivity index (χ4n) is 2.80. The maximum absolute atomic E-state index is 14.0. The highest BCUT2D eigenvalue weighted by Gasteiger charge is 2.22. The van der Waals surface area contributed by atoms with Crippen molar-refractivity contribution in [2.24, 2.45) is 0 Å². The monoisotopic (exact) mass is 469 g/mol. The average Bonchev–Trinajstić information content (AvgIpc) is 2.67. The van der Waals surface area contributed by atoms with Gasteiger partial charge in [0.25, 0.3) is 5.56 Å². The van der Waals surface area contributed by atoms with Crippen LogP contribution in [-0.2, 0) is 21.0 Å². The van der Waals surface area contributed by atoms with E-state index >= 15 is 0 Å². The second-order valence-corrected chi connectivity index (χ2v) is 8.45. The van der Waals surface area contributed by atoms with Crippen molar-refractivity contribution in [2.75, 3.05) is 6.54 Å². The molecule has 1 aromatic heterocycles. The highest BCUT2D eigenvalue weighted by molar-refractivity contribution is 6.33. The highest BCUT2D eigenvalue weighted by Crippen LogP contribution is 2.27. The van der Waals surface area contributed by atoms with Gasteiger partial charge in [-0.05, 0) is 33.8 Å². The van der Waals surface area contributed by atoms with Crippen molar-refractivity contribution in [1.29, 1.82) is 0 Å². The first-order valence-electron chi connectivity index (χ1n) is 9.72. The fraction of sp³-hybridized carbons (Fsp3) is 0.429. The van der Waals surface area contributed by atoms with Crippen molar-refractivity contribution in [1.82, 2.24) is 14.5 Å². The molecule has 0 aliphatic heterocycles. The van der Waals surface area contributed by atoms with Gasteiger partial charge in [-0.15, -0.1) is 0 Å². The van der Waals surface area contributed by atoms with Gasteiger partial charge >= 0.3 is 17.8 Å². The summed E-state index contributed by atoms with van der Waals surface area (Å²) in [5.74, 6) is -1.38. The number of carbonyl (C=O) groups excluding carboxylic acids is 2. The van der Waals surface area contributed by atoms with Crippen LogP contribution in [0, 0.1) is 5.82 Å². The largest absolute Gasteiger partial charge is 0.444 e. The van der Waals surface area contributed by atoms with Gasteiger partial charge in [-0.1, -0.05) is 23.7 Å². The van der Waals surface area contributed by atoms with Crippen LogP contribution in [0.4, 0.5) is 9.18 Å². The topological polar surface area (TPSA) is 109 Å². The first-order valence-corrected chi connectivity index (χ1v) is 10.1. The number of amides is 1. The number of carbonyl (C=O) groups is 2. The normalized spacial score (nSPS) is 12.2. The summed E-state index contributed by atoms with van der Waals surface area (Å²) in [6, 6.07) is 3.11. The first kappa shape index (κ1) is 25.1. The lowest BCUT2D eigenvalue weighted by atomic mass is 10.1. The molecule has 11 heteroatoms. The van der Waals surface area contributed by atoms with Crippen molar-refractivity contribution in [3.8, 4) is 11.1 Å². The van der Waals surface area contributed by atoms with Gasteiger partial charge in [0, 0.05) is 25.2 Å². The molecular formula is C21H25ClFN3O6. The molecule has 0 saturated heterocycles. The lowest BCUT2D eigenvalue weighted by Crippen LogP contribution is -2.45. The van der Waals surface area contributed by atoms with Gasteiger partial charge in [0.15, 0.2) is 6.73 Å². The molecule has 0 bridgehead atoms. The predicted octanol–water partition coefficient (Wildman–Crippen LogP) is 3.08. The summed E-state index contributed by atoms with van der Waals surface area (Å²) in [6.45, 7) is 7.20. The van der Waals surface area contributed by atoms with Gasteiger partial charge in [0.05, 0.1) is 16.6 Å². The Morgan fingerprint density at radius 2 is 1.88 bits per heavy atom. The Balaban J connectivity index is 2.53. The summed E-state index contributed by atoms with van der Waals surface area (Å²) in [5, 5.41) is 2.20. The fourth-order valence-corrected chi connectivity index (χ4v) is 3.02. The number of benzene rings is 1. The maximum atomic E-state index is 14.0. The van der Waals surface area contributed by atoms with Gasteiger partial charge in [-0.3, -0.25) is 18.7 Å². The van der Waals surface area contributed by atoms with Crippen LogP contribution < -0.4 is 16.6 Å². The van der Waals surface area contributed by atoms with E-state index in [1.54, 1.807) is 20.8 Å². The number of nitrogens with one attached hydrogen (secondary N) is 1. The lowest BCUT2D eigenvalue weighted by molar-refractivity contribution is -0.144. The zero-order valence-corrected chi connectivity index (χ0v) is 19.2. The SMILES string of the molecule is CC(=O)OCn1cc(-c2cccc(F)c2Cl)c(=O)n([C@@H](C)CNC(=O)OC(C)(C)C)c1=O. The van der Waals surface area contributed by atoms with E-state index in [1.807, 2.05) is 0 Å². The van der Waals surface area contributed by atoms with Crippen LogP contribution in [0.15, 0.2) is 34.0 Å². The summed E-state index contributed by atoms with van der Waals surface area (Å²) < 4.78 is 25.9. The molecule has 0 aliphatic carbocycles. The van der Waals surface area contributed by atoms with Crippen molar-refractivity contribution in [3.63, 3.8) is 0 Å². The number of esters is 1. The molecule has 0 saturated carbocycles. The van der Waals surface area contributed by atoms with Crippen LogP contribution >= 0.6 is 11.6 Å². The van der Waals surface area contributed by atoms with E-state index in [2.05, 4.69) is 5.32 Å². The van der Waals surface area contributed by atoms with Crippen molar-refractivity contribution in [2.45, 2.75) is 53.0 Å². The summed E-state index contributed by atoms with van der Waals surface area (Å²) in [4.78, 5) is 49.3. The van der Waals surface area contributed by atoms with E-state index < -0.39 is 47.5 Å². The van der Waals surface area contributed by atoms with E-state index in [0.717, 1.165) is 21.4 Å². The molecule has 0 aliphatic rings. The Morgan fingerprint density at radius 3 is 2.47 bits per heavy atom. The molecule has 1 heterocycles. The third-order valence-corrected chi connectivity index (χ3v) is 4.60. The standard InChI is InChI=1S/C21H25ClFN3O6/c1-12(9-24-19(29)32-21(3,4)5)26-18(28)15(14-7-6-8-16(23)17(14)22)10-25(20(26)30)11-31-13(2)27/h6-8,10,12H,9,11H2,1-5H3,(H,24,29)/t12-/m0/s1. The molecule has 1 atom stereocenters. The zero-order valence-electron chi connectivity index (χ0n) is 18.4. The molecule has 2 aromatic rings. The Labute approximate surface area is 188 Å². The summed E-state index contributed by atoms with van der Waals surface area (Å²) in [6.07, 6.45) is 0.431. The van der Waals surface area contributed by atoms with Gasteiger partial charge in [-0.25, -0.2) is 14.0 Å². The van der Waals surface area contributed by atoms with E-state index in [4.69, 9.17) is 21.1 Å². The second-order valence-electron chi connectivity index (χ2n) is 8.07. The minimum absolute atomic E-state index is 0.0642. The summed E-state index contributed by atoms with van der Waals surface area (Å²) in [7, 11) is 0. The van der Waals surface area contributed by atoms with Crippen LogP contribution in [0.1, 0.15) is 40.7 Å². The molecule has 2 rings (SSSR count). The molecule has 0 radical (unpaired) electrons. The lowest BCUT2D eigenvalue weighted by Gasteiger charge is -2.22. The number of ether oxygens (including phenoxy) is 2. The number of nitrogens with zero attached hydrogens (tertiary/aromatic N) is 2. The third-order valence-electron chi connectivity index (χ3n) is 4.22. The Kier molecular flexibility index (Phi) is 7.84. The Hall–Kier alpha value is -3.14. The van der Waals surface area contributed by atoms with Gasteiger partial charge < -0.3 is 14.8 Å². The van der Waals surface area contributed by atoms with Gasteiger partial charge in [0.1, 0.15) is 11.4 Å². The molecular weight excluding hydrogens is 445 g/mol. The predicted molar refractivity (Wildman–Crippen MR) is 116 cm³/mol. The molecule has 32 heavy (non-hydrogen) atoms. The number of hydrogen-bond donors (Lipinski definition) is 1. The molecule has 0 spiro atoms. The van der Waals surface area contributed by atoms with E-state index in [9.17, 15) is 23.6 Å². The smallest absolute Gasteiger partial charge is 0.407 e. The van der Waals surface area contributed by atoms with Crippen LogP contribution in [0.3, 0.4) is 0 Å². The van der Waals surface area contributed by atoms with Gasteiger partial charge in [-0.2, -0.15) is 0 Å². The first-order chi connectivity index (χ1) is 14.8. The number of aromatic nitrogens is 2. The highest BCUT2D eigenvalue weighted by atomic mass is 35.5. The van der Waals surface area contributed by atoms with Crippen LogP contribution in [0.2, 0.25) is 5.02 Å². The summed E-state index contributed by atoms with van der Waals surface area (Å²) in [5.41, 5.74) is -2.28. The Bertz CT molecular complexity index is 1140. The van der Waals surface area contributed by atoms with Crippen molar-refractivity contribution < 1.29 is 23.5 Å². The second kappa shape index (κ2) is 9.99. The molecule has 9 nitrogen and oxygen atoms in total. The minimum atomic E-state index is -0.821. The van der Waals surface area contributed by atoms with Crippen molar-refractivity contribution >= 4 is 23.7 Å². The molecule has 0 fully saturated rings. The maximum Gasteiger partial charge on any atom is 0.407 e.